The highest BCUT2D eigenvalue weighted by Gasteiger charge is 2.24. The lowest BCUT2D eigenvalue weighted by Crippen LogP contribution is -2.32. The van der Waals surface area contributed by atoms with Crippen LogP contribution in [0, 0.1) is 0 Å². The van der Waals surface area contributed by atoms with Gasteiger partial charge in [0.2, 0.25) is 0 Å². The number of esters is 1. The van der Waals surface area contributed by atoms with Crippen LogP contribution in [0.4, 0.5) is 0 Å². The highest BCUT2D eigenvalue weighted by Crippen LogP contribution is 2.07. The van der Waals surface area contributed by atoms with Crippen molar-refractivity contribution in [2.75, 3.05) is 13.2 Å². The molecule has 0 aromatic carbocycles. The molecule has 70 valence electrons. The van der Waals surface area contributed by atoms with Crippen molar-refractivity contribution >= 4 is 21.9 Å². The third kappa shape index (κ3) is 3.85. The van der Waals surface area contributed by atoms with Gasteiger partial charge in [0, 0.05) is 0 Å². The van der Waals surface area contributed by atoms with Crippen LogP contribution in [-0.4, -0.2) is 40.3 Å². The van der Waals surface area contributed by atoms with Gasteiger partial charge in [-0.3, -0.25) is 4.79 Å². The van der Waals surface area contributed by atoms with E-state index < -0.39 is 23.5 Å². The van der Waals surface area contributed by atoms with Crippen molar-refractivity contribution in [3.8, 4) is 0 Å². The van der Waals surface area contributed by atoms with Gasteiger partial charge in [-0.15, -0.1) is 0 Å². The molecule has 0 rings (SSSR count). The first-order valence-corrected chi connectivity index (χ1v) is 4.25. The van der Waals surface area contributed by atoms with Gasteiger partial charge in [-0.1, -0.05) is 28.6 Å². The zero-order valence-corrected chi connectivity index (χ0v) is 8.03. The number of aliphatic hydroxyl groups excluding tert-OH is 2. The van der Waals surface area contributed by atoms with E-state index in [2.05, 4.69) is 27.2 Å². The average Bonchev–Trinajstić information content (AvgIpc) is 2.11. The average molecular weight is 239 g/mol. The molecule has 2 atom stereocenters. The Morgan fingerprint density at radius 2 is 2.33 bits per heavy atom. The molecule has 0 amide bonds. The second-order valence-electron chi connectivity index (χ2n) is 2.07. The summed E-state index contributed by atoms with van der Waals surface area (Å²) in [6.07, 6.45) is 0.283. The van der Waals surface area contributed by atoms with Crippen molar-refractivity contribution < 1.29 is 19.7 Å². The number of hydrogen-bond donors (Lipinski definition) is 2. The number of hydrogen-bond acceptors (Lipinski definition) is 4. The fourth-order valence-electron chi connectivity index (χ4n) is 0.470. The molecule has 0 saturated carbocycles. The Labute approximate surface area is 79.0 Å². The molecule has 0 aromatic rings. The third-order valence-electron chi connectivity index (χ3n) is 1.09. The maximum absolute atomic E-state index is 10.9. The summed E-state index contributed by atoms with van der Waals surface area (Å²) >= 11 is 2.88. The summed E-state index contributed by atoms with van der Waals surface area (Å²) in [4.78, 5) is 10.0. The smallest absolute Gasteiger partial charge is 0.322 e. The highest BCUT2D eigenvalue weighted by molar-refractivity contribution is 9.10. The molecule has 0 aliphatic rings. The minimum atomic E-state index is -1.14. The summed E-state index contributed by atoms with van der Waals surface area (Å²) in [5.74, 6) is -0.614. The number of aliphatic hydroxyl groups is 2. The summed E-state index contributed by atoms with van der Waals surface area (Å²) in [6, 6.07) is 0. The summed E-state index contributed by atoms with van der Waals surface area (Å²) in [5.41, 5.74) is 0. The molecule has 0 radical (unpaired) electrons. The van der Waals surface area contributed by atoms with Crippen LogP contribution in [0.25, 0.3) is 0 Å². The first-order valence-electron chi connectivity index (χ1n) is 3.34. The van der Waals surface area contributed by atoms with Crippen LogP contribution < -0.4 is 0 Å². The molecule has 4 nitrogen and oxygen atoms in total. The lowest BCUT2D eigenvalue weighted by atomic mass is 10.3. The van der Waals surface area contributed by atoms with E-state index in [1.165, 1.54) is 6.08 Å². The highest BCUT2D eigenvalue weighted by atomic mass is 79.9. The van der Waals surface area contributed by atoms with Gasteiger partial charge in [-0.2, -0.15) is 0 Å². The Balaban J connectivity index is 3.83. The van der Waals surface area contributed by atoms with E-state index >= 15 is 0 Å². The topological polar surface area (TPSA) is 66.8 Å². The van der Waals surface area contributed by atoms with Crippen molar-refractivity contribution in [3.05, 3.63) is 12.7 Å². The predicted octanol–water partition coefficient (Wildman–Crippen LogP) is -0.168. The number of alkyl halides is 1. The third-order valence-corrected chi connectivity index (χ3v) is 2.08. The lowest BCUT2D eigenvalue weighted by Gasteiger charge is -2.12. The van der Waals surface area contributed by atoms with Crippen molar-refractivity contribution in [2.45, 2.75) is 10.9 Å². The Morgan fingerprint density at radius 1 is 1.75 bits per heavy atom. The largest absolute Gasteiger partial charge is 0.461 e. The lowest BCUT2D eigenvalue weighted by molar-refractivity contribution is -0.144. The Morgan fingerprint density at radius 3 is 2.75 bits per heavy atom. The van der Waals surface area contributed by atoms with Gasteiger partial charge >= 0.3 is 5.97 Å². The van der Waals surface area contributed by atoms with E-state index in [0.29, 0.717) is 0 Å². The molecule has 0 saturated heterocycles. The van der Waals surface area contributed by atoms with Crippen LogP contribution in [0.1, 0.15) is 0 Å². The van der Waals surface area contributed by atoms with Crippen LogP contribution in [-0.2, 0) is 9.53 Å². The van der Waals surface area contributed by atoms with Crippen LogP contribution in [0.5, 0.6) is 0 Å². The maximum Gasteiger partial charge on any atom is 0.322 e. The molecule has 0 aliphatic heterocycles. The summed E-state index contributed by atoms with van der Waals surface area (Å²) in [5, 5.41) is 17.4. The summed E-state index contributed by atoms with van der Waals surface area (Å²) < 4.78 is 4.60. The molecule has 0 aliphatic carbocycles. The zero-order valence-electron chi connectivity index (χ0n) is 6.44. The molecule has 2 N–H and O–H groups in total. The fraction of sp³-hybridized carbons (Fsp3) is 0.571. The summed E-state index contributed by atoms with van der Waals surface area (Å²) in [7, 11) is 0. The Bertz CT molecular complexity index is 159. The molecular formula is C7H11BrO4. The zero-order chi connectivity index (χ0) is 9.56. The normalized spacial score (nSPS) is 14.9. The minimum Gasteiger partial charge on any atom is -0.461 e. The van der Waals surface area contributed by atoms with Gasteiger partial charge in [0.25, 0.3) is 0 Å². The summed E-state index contributed by atoms with van der Waals surface area (Å²) in [6.45, 7) is 2.96. The van der Waals surface area contributed by atoms with Gasteiger partial charge in [0.1, 0.15) is 17.5 Å². The molecule has 2 unspecified atom stereocenters. The van der Waals surface area contributed by atoms with E-state index in [1.807, 2.05) is 0 Å². The standard InChI is InChI=1S/C7H11BrO4/c1-2-3-12-7(11)6(8)5(10)4-9/h2,5-6,9-10H,1,3-4H2. The van der Waals surface area contributed by atoms with Gasteiger partial charge in [0.05, 0.1) is 6.61 Å². The Hall–Kier alpha value is -0.390. The quantitative estimate of drug-likeness (QED) is 0.397. The van der Waals surface area contributed by atoms with E-state index in [1.54, 1.807) is 0 Å². The monoisotopic (exact) mass is 238 g/mol. The van der Waals surface area contributed by atoms with Gasteiger partial charge in [-0.05, 0) is 0 Å². The van der Waals surface area contributed by atoms with Crippen molar-refractivity contribution in [1.29, 1.82) is 0 Å². The number of carbonyl (C=O) groups excluding carboxylic acids is 1. The first-order chi connectivity index (χ1) is 5.63. The molecule has 0 heterocycles. The van der Waals surface area contributed by atoms with E-state index in [9.17, 15) is 4.79 Å². The second-order valence-corrected chi connectivity index (χ2v) is 3.06. The minimum absolute atomic E-state index is 0.0963. The fourth-order valence-corrected chi connectivity index (χ4v) is 0.770. The number of halogens is 1. The SMILES string of the molecule is C=CCOC(=O)C(Br)C(O)CO. The van der Waals surface area contributed by atoms with Crippen LogP contribution in [0.2, 0.25) is 0 Å². The molecule has 5 heteroatoms. The van der Waals surface area contributed by atoms with Crippen molar-refractivity contribution in [2.24, 2.45) is 0 Å². The van der Waals surface area contributed by atoms with Gasteiger partial charge < -0.3 is 14.9 Å². The van der Waals surface area contributed by atoms with Crippen molar-refractivity contribution in [1.82, 2.24) is 0 Å². The molecule has 0 fully saturated rings. The van der Waals surface area contributed by atoms with E-state index in [0.717, 1.165) is 0 Å². The molecule has 0 aromatic heterocycles. The molecule has 0 spiro atoms. The van der Waals surface area contributed by atoms with Crippen LogP contribution >= 0.6 is 15.9 Å². The van der Waals surface area contributed by atoms with Gasteiger partial charge in [-0.25, -0.2) is 0 Å². The Kier molecular flexibility index (Phi) is 5.96. The first kappa shape index (κ1) is 11.6. The van der Waals surface area contributed by atoms with Crippen LogP contribution in [0.3, 0.4) is 0 Å². The molecule has 0 bridgehead atoms. The predicted molar refractivity (Wildman–Crippen MR) is 47.0 cm³/mol. The van der Waals surface area contributed by atoms with Crippen molar-refractivity contribution in [3.63, 3.8) is 0 Å². The van der Waals surface area contributed by atoms with E-state index in [4.69, 9.17) is 10.2 Å². The number of rotatable bonds is 5. The van der Waals surface area contributed by atoms with E-state index in [-0.39, 0.29) is 6.61 Å². The molecular weight excluding hydrogens is 228 g/mol. The number of carbonyl (C=O) groups is 1. The molecule has 12 heavy (non-hydrogen) atoms. The maximum atomic E-state index is 10.9. The van der Waals surface area contributed by atoms with Crippen LogP contribution in [0.15, 0.2) is 12.7 Å². The number of ether oxygens (including phenoxy) is 1. The second kappa shape index (κ2) is 6.16. The van der Waals surface area contributed by atoms with Gasteiger partial charge in [0.15, 0.2) is 0 Å².